The summed E-state index contributed by atoms with van der Waals surface area (Å²) in [6.07, 6.45) is 6.97. The molecule has 11 nitrogen and oxygen atoms in total. The topological polar surface area (TPSA) is 157 Å². The Kier molecular flexibility index (Phi) is 9.19. The monoisotopic (exact) mass is 523 g/mol. The Morgan fingerprint density at radius 3 is 2.46 bits per heavy atom. The van der Waals surface area contributed by atoms with E-state index in [-0.39, 0.29) is 12.1 Å². The van der Waals surface area contributed by atoms with Crippen molar-refractivity contribution in [2.75, 3.05) is 18.8 Å². The minimum Gasteiger partial charge on any atom is -0.368 e. The molecule has 0 amide bonds. The van der Waals surface area contributed by atoms with Gasteiger partial charge >= 0.3 is 6.15 Å². The fraction of sp³-hybridized carbons (Fsp3) is 0.321. The number of piperidine rings is 1. The zero-order chi connectivity index (χ0) is 27.6. The summed E-state index contributed by atoms with van der Waals surface area (Å²) in [7, 11) is 0. The second kappa shape index (κ2) is 13.1. The molecule has 4 aromatic rings. The molecule has 39 heavy (non-hydrogen) atoms. The van der Waals surface area contributed by atoms with Crippen molar-refractivity contribution in [3.63, 3.8) is 0 Å². The fourth-order valence-electron chi connectivity index (χ4n) is 4.81. The largest absolute Gasteiger partial charge is 0.373 e. The van der Waals surface area contributed by atoms with Crippen LogP contribution in [-0.4, -0.2) is 54.1 Å². The lowest BCUT2D eigenvalue weighted by atomic mass is 10.0. The summed E-state index contributed by atoms with van der Waals surface area (Å²) in [4.78, 5) is 32.5. The molecular weight excluding hydrogens is 494 g/mol. The molecule has 1 atom stereocenters. The summed E-state index contributed by atoms with van der Waals surface area (Å²) in [5, 5.41) is 17.8. The zero-order valence-electron chi connectivity index (χ0n) is 21.7. The molecule has 5 rings (SSSR count). The van der Waals surface area contributed by atoms with Gasteiger partial charge in [-0.15, -0.1) is 5.10 Å². The number of nitrogens with two attached hydrogens (primary N) is 1. The average Bonchev–Trinajstić information content (AvgIpc) is 3.43. The predicted molar refractivity (Wildman–Crippen MR) is 142 cm³/mol. The van der Waals surface area contributed by atoms with Crippen molar-refractivity contribution >= 4 is 12.1 Å². The van der Waals surface area contributed by atoms with Crippen LogP contribution in [0, 0.1) is 11.3 Å². The van der Waals surface area contributed by atoms with Crippen LogP contribution < -0.4 is 5.73 Å². The maximum absolute atomic E-state index is 9.21. The van der Waals surface area contributed by atoms with Crippen LogP contribution in [-0.2, 0) is 16.1 Å². The van der Waals surface area contributed by atoms with E-state index in [2.05, 4.69) is 50.3 Å². The second-order valence-electron chi connectivity index (χ2n) is 9.15. The first-order chi connectivity index (χ1) is 19.0. The average molecular weight is 524 g/mol. The summed E-state index contributed by atoms with van der Waals surface area (Å²) in [5.41, 5.74) is 11.2. The van der Waals surface area contributed by atoms with Gasteiger partial charge in [0.2, 0.25) is 5.95 Å². The first-order valence-electron chi connectivity index (χ1n) is 12.8. The van der Waals surface area contributed by atoms with Crippen LogP contribution in [0.3, 0.4) is 0 Å². The van der Waals surface area contributed by atoms with Gasteiger partial charge in [0.05, 0.1) is 53.2 Å². The third kappa shape index (κ3) is 6.96. The van der Waals surface area contributed by atoms with E-state index < -0.39 is 0 Å². The molecule has 0 spiro atoms. The van der Waals surface area contributed by atoms with Crippen molar-refractivity contribution in [3.8, 4) is 28.7 Å². The number of likely N-dealkylation sites (tertiary alicyclic amines) is 1. The molecule has 0 bridgehead atoms. The van der Waals surface area contributed by atoms with Gasteiger partial charge in [0.1, 0.15) is 5.69 Å². The van der Waals surface area contributed by atoms with Gasteiger partial charge < -0.3 is 5.73 Å². The summed E-state index contributed by atoms with van der Waals surface area (Å²) in [6, 6.07) is 17.8. The first kappa shape index (κ1) is 27.3. The van der Waals surface area contributed by atoms with Gasteiger partial charge in [-0.05, 0) is 62.7 Å². The van der Waals surface area contributed by atoms with Crippen LogP contribution >= 0.6 is 0 Å². The third-order valence-electron chi connectivity index (χ3n) is 6.54. The van der Waals surface area contributed by atoms with Crippen molar-refractivity contribution < 1.29 is 9.59 Å². The summed E-state index contributed by atoms with van der Waals surface area (Å²) in [5.74, 6) is 0.136. The molecule has 11 heteroatoms. The lowest BCUT2D eigenvalue weighted by molar-refractivity contribution is -0.191. The number of carbonyl (C=O) groups excluding carboxylic acids is 2. The SMILES string of the molecule is CC[C@@H](c1cccc(Cn2cc(-c3cc(-c4cccc(C#N)c4)nc(N)n3)nn2)n1)N1CCCCC1.O=C=O. The number of pyridine rings is 1. The number of aromatic nitrogens is 6. The minimum absolute atomic E-state index is 0.136. The van der Waals surface area contributed by atoms with Crippen LogP contribution in [0.15, 0.2) is 54.7 Å². The molecule has 0 unspecified atom stereocenters. The molecule has 1 aliphatic heterocycles. The summed E-state index contributed by atoms with van der Waals surface area (Å²) < 4.78 is 1.76. The smallest absolute Gasteiger partial charge is 0.368 e. The number of hydrogen-bond donors (Lipinski definition) is 1. The zero-order valence-corrected chi connectivity index (χ0v) is 21.7. The van der Waals surface area contributed by atoms with Crippen LogP contribution in [0.2, 0.25) is 0 Å². The highest BCUT2D eigenvalue weighted by Crippen LogP contribution is 2.27. The Hall–Kier alpha value is -4.78. The molecule has 1 saturated heterocycles. The molecule has 4 heterocycles. The van der Waals surface area contributed by atoms with Crippen LogP contribution in [0.4, 0.5) is 5.95 Å². The van der Waals surface area contributed by atoms with Crippen LogP contribution in [0.1, 0.15) is 55.6 Å². The van der Waals surface area contributed by atoms with Crippen LogP contribution in [0.5, 0.6) is 0 Å². The highest BCUT2D eigenvalue weighted by molar-refractivity contribution is 5.68. The molecule has 0 aliphatic carbocycles. The van der Waals surface area contributed by atoms with Crippen molar-refractivity contribution in [1.29, 1.82) is 5.26 Å². The number of nitrogens with zero attached hydrogens (tertiary/aromatic N) is 8. The number of hydrogen-bond acceptors (Lipinski definition) is 10. The van der Waals surface area contributed by atoms with Gasteiger partial charge in [0.25, 0.3) is 0 Å². The Bertz CT molecular complexity index is 1480. The van der Waals surface area contributed by atoms with E-state index in [1.807, 2.05) is 30.5 Å². The summed E-state index contributed by atoms with van der Waals surface area (Å²) >= 11 is 0. The van der Waals surface area contributed by atoms with E-state index in [1.54, 1.807) is 16.8 Å². The molecule has 1 aliphatic rings. The first-order valence-corrected chi connectivity index (χ1v) is 12.8. The number of rotatable bonds is 7. The maximum atomic E-state index is 9.21. The van der Waals surface area contributed by atoms with E-state index >= 15 is 0 Å². The lowest BCUT2D eigenvalue weighted by Gasteiger charge is -2.33. The lowest BCUT2D eigenvalue weighted by Crippen LogP contribution is -2.34. The number of nitrogen functional groups attached to an aromatic ring is 1. The van der Waals surface area contributed by atoms with Crippen molar-refractivity contribution in [2.24, 2.45) is 0 Å². The maximum Gasteiger partial charge on any atom is 0.373 e. The van der Waals surface area contributed by atoms with E-state index in [9.17, 15) is 5.26 Å². The fourth-order valence-corrected chi connectivity index (χ4v) is 4.81. The highest BCUT2D eigenvalue weighted by atomic mass is 16.2. The predicted octanol–water partition coefficient (Wildman–Crippen LogP) is 3.65. The Balaban J connectivity index is 0.00000112. The Morgan fingerprint density at radius 2 is 1.72 bits per heavy atom. The molecule has 1 aromatic carbocycles. The van der Waals surface area contributed by atoms with E-state index in [4.69, 9.17) is 20.3 Å². The molecule has 1 fully saturated rings. The van der Waals surface area contributed by atoms with Crippen molar-refractivity contribution in [1.82, 2.24) is 34.8 Å². The van der Waals surface area contributed by atoms with Gasteiger partial charge in [-0.25, -0.2) is 14.6 Å². The molecular formula is C28H29N9O2. The summed E-state index contributed by atoms with van der Waals surface area (Å²) in [6.45, 7) is 5.02. The van der Waals surface area contributed by atoms with Crippen molar-refractivity contribution in [3.05, 3.63) is 71.7 Å². The van der Waals surface area contributed by atoms with Gasteiger partial charge in [0, 0.05) is 5.56 Å². The molecule has 198 valence electrons. The Labute approximate surface area is 226 Å². The Morgan fingerprint density at radius 1 is 0.974 bits per heavy atom. The van der Waals surface area contributed by atoms with E-state index in [1.165, 1.54) is 19.3 Å². The minimum atomic E-state index is 0.136. The van der Waals surface area contributed by atoms with Crippen LogP contribution in [0.25, 0.3) is 22.6 Å². The normalized spacial score (nSPS) is 13.9. The van der Waals surface area contributed by atoms with E-state index in [0.717, 1.165) is 36.5 Å². The molecule has 0 saturated carbocycles. The molecule has 2 N–H and O–H groups in total. The second-order valence-corrected chi connectivity index (χ2v) is 9.15. The van der Waals surface area contributed by atoms with Gasteiger partial charge in [0.15, 0.2) is 0 Å². The van der Waals surface area contributed by atoms with Gasteiger partial charge in [-0.2, -0.15) is 14.9 Å². The number of benzene rings is 1. The highest BCUT2D eigenvalue weighted by Gasteiger charge is 2.22. The number of nitriles is 1. The van der Waals surface area contributed by atoms with Gasteiger partial charge in [-0.3, -0.25) is 9.88 Å². The number of anilines is 1. The standard InChI is InChI=1S/C27H29N9.CO2/c1-2-26(35-12-4-3-5-13-35)22-11-7-10-21(30-22)17-36-18-25(33-34-36)24-15-23(31-27(29)32-24)20-9-6-8-19(14-20)16-28;2-1-3/h6-11,14-15,18,26H,2-5,12-13,17H2,1H3,(H2,29,31,32);/t26-;/m0./s1. The van der Waals surface area contributed by atoms with Crippen molar-refractivity contribution in [2.45, 2.75) is 45.2 Å². The molecule has 0 radical (unpaired) electrons. The molecule has 3 aromatic heterocycles. The van der Waals surface area contributed by atoms with E-state index in [0.29, 0.717) is 35.2 Å². The third-order valence-corrected chi connectivity index (χ3v) is 6.54. The van der Waals surface area contributed by atoms with Gasteiger partial charge in [-0.1, -0.05) is 36.8 Å². The quantitative estimate of drug-likeness (QED) is 0.379.